The van der Waals surface area contributed by atoms with Crippen molar-refractivity contribution in [3.05, 3.63) is 35.9 Å². The summed E-state index contributed by atoms with van der Waals surface area (Å²) in [5.74, 6) is -1.56. The van der Waals surface area contributed by atoms with Gasteiger partial charge in [-0.05, 0) is 0 Å². The highest BCUT2D eigenvalue weighted by molar-refractivity contribution is 5.99. The molecule has 0 radical (unpaired) electrons. The van der Waals surface area contributed by atoms with E-state index in [0.717, 1.165) is 0 Å². The van der Waals surface area contributed by atoms with Gasteiger partial charge in [-0.2, -0.15) is 0 Å². The number of carbonyl (C=O) groups is 2. The highest BCUT2D eigenvalue weighted by Crippen LogP contribution is 2.13. The topological polar surface area (TPSA) is 89.6 Å². The lowest BCUT2D eigenvalue weighted by Crippen LogP contribution is -2.53. The molecule has 0 saturated heterocycles. The molecule has 0 unspecified atom stereocenters. The smallest absolute Gasteiger partial charge is 0.326 e. The average molecular weight is 237 g/mol. The van der Waals surface area contributed by atoms with E-state index in [1.807, 2.05) is 0 Å². The zero-order chi connectivity index (χ0) is 12.9. The van der Waals surface area contributed by atoms with Gasteiger partial charge in [-0.3, -0.25) is 9.59 Å². The van der Waals surface area contributed by atoms with Gasteiger partial charge in [0.25, 0.3) is 0 Å². The van der Waals surface area contributed by atoms with E-state index in [9.17, 15) is 9.59 Å². The number of ether oxygens (including phenoxy) is 1. The van der Waals surface area contributed by atoms with E-state index in [4.69, 9.17) is 15.6 Å². The molecule has 5 heteroatoms. The van der Waals surface area contributed by atoms with Crippen LogP contribution in [-0.4, -0.2) is 36.1 Å². The third-order valence-electron chi connectivity index (χ3n) is 2.40. The summed E-state index contributed by atoms with van der Waals surface area (Å²) in [5.41, 5.74) is 4.41. The Kier molecular flexibility index (Phi) is 4.37. The molecule has 0 heterocycles. The number of methoxy groups -OCH3 is 1. The summed E-state index contributed by atoms with van der Waals surface area (Å²) in [6, 6.07) is 8.44. The Bertz CT molecular complexity index is 404. The van der Waals surface area contributed by atoms with Gasteiger partial charge >= 0.3 is 5.97 Å². The molecule has 3 N–H and O–H groups in total. The number of nitrogens with two attached hydrogens (primary N) is 1. The Morgan fingerprint density at radius 1 is 1.35 bits per heavy atom. The summed E-state index contributed by atoms with van der Waals surface area (Å²) in [4.78, 5) is 22.9. The Morgan fingerprint density at radius 2 is 1.94 bits per heavy atom. The minimum Gasteiger partial charge on any atom is -0.480 e. The first-order chi connectivity index (χ1) is 7.99. The molecule has 1 aromatic rings. The molecule has 1 rings (SSSR count). The summed E-state index contributed by atoms with van der Waals surface area (Å²) in [6.07, 6.45) is -0.291. The molecular weight excluding hydrogens is 222 g/mol. The van der Waals surface area contributed by atoms with Crippen LogP contribution in [0.1, 0.15) is 16.8 Å². The fraction of sp³-hybridized carbons (Fsp3) is 0.333. The van der Waals surface area contributed by atoms with Crippen LogP contribution in [-0.2, 0) is 9.53 Å². The van der Waals surface area contributed by atoms with Crippen molar-refractivity contribution in [1.82, 2.24) is 0 Å². The predicted molar refractivity (Wildman–Crippen MR) is 61.8 cm³/mol. The highest BCUT2D eigenvalue weighted by atomic mass is 16.5. The zero-order valence-electron chi connectivity index (χ0n) is 9.55. The van der Waals surface area contributed by atoms with E-state index in [-0.39, 0.29) is 18.8 Å². The van der Waals surface area contributed by atoms with Gasteiger partial charge in [-0.15, -0.1) is 0 Å². The van der Waals surface area contributed by atoms with E-state index < -0.39 is 11.5 Å². The van der Waals surface area contributed by atoms with Crippen molar-refractivity contribution < 1.29 is 19.4 Å². The van der Waals surface area contributed by atoms with Crippen molar-refractivity contribution in [2.24, 2.45) is 5.73 Å². The number of hydrogen-bond acceptors (Lipinski definition) is 4. The Labute approximate surface area is 99.2 Å². The third-order valence-corrected chi connectivity index (χ3v) is 2.40. The van der Waals surface area contributed by atoms with Crippen LogP contribution in [0.25, 0.3) is 0 Å². The van der Waals surface area contributed by atoms with Crippen molar-refractivity contribution in [1.29, 1.82) is 0 Å². The van der Waals surface area contributed by atoms with Crippen molar-refractivity contribution in [2.75, 3.05) is 13.7 Å². The number of rotatable bonds is 6. The average Bonchev–Trinajstić information content (AvgIpc) is 2.30. The Balaban J connectivity index is 2.82. The molecule has 0 aromatic heterocycles. The van der Waals surface area contributed by atoms with Crippen molar-refractivity contribution in [2.45, 2.75) is 12.0 Å². The van der Waals surface area contributed by atoms with E-state index >= 15 is 0 Å². The molecule has 0 fully saturated rings. The van der Waals surface area contributed by atoms with Crippen LogP contribution in [0.3, 0.4) is 0 Å². The maximum atomic E-state index is 11.8. The number of carbonyl (C=O) groups excluding carboxylic acids is 1. The summed E-state index contributed by atoms with van der Waals surface area (Å²) >= 11 is 0. The number of carboxylic acids is 1. The SMILES string of the molecule is COC[C@](N)(CC(=O)c1ccccc1)C(=O)O. The number of benzene rings is 1. The van der Waals surface area contributed by atoms with Crippen molar-refractivity contribution in [3.63, 3.8) is 0 Å². The van der Waals surface area contributed by atoms with Crippen LogP contribution < -0.4 is 5.73 Å². The summed E-state index contributed by atoms with van der Waals surface area (Å²) in [6.45, 7) is -0.207. The number of carboxylic acid groups (broad SMARTS) is 1. The number of ketones is 1. The van der Waals surface area contributed by atoms with Crippen LogP contribution in [0.15, 0.2) is 30.3 Å². The fourth-order valence-electron chi connectivity index (χ4n) is 1.46. The quantitative estimate of drug-likeness (QED) is 0.710. The molecule has 0 amide bonds. The van der Waals surface area contributed by atoms with Crippen LogP contribution in [0.5, 0.6) is 0 Å². The van der Waals surface area contributed by atoms with E-state index in [1.165, 1.54) is 7.11 Å². The number of aliphatic carboxylic acids is 1. The largest absolute Gasteiger partial charge is 0.480 e. The summed E-state index contributed by atoms with van der Waals surface area (Å²) < 4.78 is 4.75. The zero-order valence-corrected chi connectivity index (χ0v) is 9.55. The maximum absolute atomic E-state index is 11.8. The monoisotopic (exact) mass is 237 g/mol. The van der Waals surface area contributed by atoms with Crippen LogP contribution in [0, 0.1) is 0 Å². The minimum atomic E-state index is -1.68. The standard InChI is InChI=1S/C12H15NO4/c1-17-8-12(13,11(15)16)7-10(14)9-5-3-2-4-6-9/h2-6H,7-8,13H2,1H3,(H,15,16)/t12-/m1/s1. The molecule has 0 aliphatic carbocycles. The van der Waals surface area contributed by atoms with E-state index in [0.29, 0.717) is 5.56 Å². The normalized spacial score (nSPS) is 14.0. The van der Waals surface area contributed by atoms with Crippen molar-refractivity contribution in [3.8, 4) is 0 Å². The minimum absolute atomic E-state index is 0.207. The van der Waals surface area contributed by atoms with Gasteiger partial charge in [0.1, 0.15) is 5.54 Å². The molecule has 0 aliphatic heterocycles. The molecule has 0 saturated carbocycles. The first kappa shape index (κ1) is 13.3. The number of hydrogen-bond donors (Lipinski definition) is 2. The number of Topliss-reactive ketones (excluding diaryl/α,β-unsaturated/α-hetero) is 1. The molecule has 1 atom stereocenters. The Morgan fingerprint density at radius 3 is 2.41 bits per heavy atom. The van der Waals surface area contributed by atoms with Gasteiger partial charge < -0.3 is 15.6 Å². The summed E-state index contributed by atoms with van der Waals surface area (Å²) in [5, 5.41) is 9.00. The lowest BCUT2D eigenvalue weighted by atomic mass is 9.92. The lowest BCUT2D eigenvalue weighted by Gasteiger charge is -2.22. The third kappa shape index (κ3) is 3.37. The fourth-order valence-corrected chi connectivity index (χ4v) is 1.46. The second kappa shape index (κ2) is 5.56. The molecule has 92 valence electrons. The van der Waals surface area contributed by atoms with Gasteiger partial charge in [0.2, 0.25) is 0 Å². The summed E-state index contributed by atoms with van der Waals surface area (Å²) in [7, 11) is 1.34. The van der Waals surface area contributed by atoms with E-state index in [1.54, 1.807) is 30.3 Å². The predicted octanol–water partition coefficient (Wildman–Crippen LogP) is 0.688. The first-order valence-electron chi connectivity index (χ1n) is 5.09. The molecule has 0 bridgehead atoms. The van der Waals surface area contributed by atoms with Crippen LogP contribution in [0.2, 0.25) is 0 Å². The molecular formula is C12H15NO4. The van der Waals surface area contributed by atoms with Crippen LogP contribution >= 0.6 is 0 Å². The lowest BCUT2D eigenvalue weighted by molar-refractivity contribution is -0.145. The molecule has 17 heavy (non-hydrogen) atoms. The molecule has 5 nitrogen and oxygen atoms in total. The van der Waals surface area contributed by atoms with E-state index in [2.05, 4.69) is 0 Å². The van der Waals surface area contributed by atoms with Gasteiger partial charge in [-0.25, -0.2) is 0 Å². The van der Waals surface area contributed by atoms with Crippen LogP contribution in [0.4, 0.5) is 0 Å². The second-order valence-corrected chi connectivity index (χ2v) is 3.86. The van der Waals surface area contributed by atoms with Gasteiger partial charge in [0.15, 0.2) is 5.78 Å². The van der Waals surface area contributed by atoms with Gasteiger partial charge in [0.05, 0.1) is 6.61 Å². The molecule has 1 aromatic carbocycles. The van der Waals surface area contributed by atoms with Gasteiger partial charge in [0, 0.05) is 19.1 Å². The first-order valence-corrected chi connectivity index (χ1v) is 5.09. The molecule has 0 spiro atoms. The highest BCUT2D eigenvalue weighted by Gasteiger charge is 2.36. The molecule has 0 aliphatic rings. The maximum Gasteiger partial charge on any atom is 0.326 e. The van der Waals surface area contributed by atoms with Crippen molar-refractivity contribution >= 4 is 11.8 Å². The second-order valence-electron chi connectivity index (χ2n) is 3.86. The Hall–Kier alpha value is -1.72. The van der Waals surface area contributed by atoms with Gasteiger partial charge in [-0.1, -0.05) is 30.3 Å².